The van der Waals surface area contributed by atoms with Crippen LogP contribution in [0.2, 0.25) is 0 Å². The highest BCUT2D eigenvalue weighted by atomic mass is 79.9. The van der Waals surface area contributed by atoms with Gasteiger partial charge in [0, 0.05) is 18.5 Å². The van der Waals surface area contributed by atoms with Crippen LogP contribution in [0.5, 0.6) is 0 Å². The van der Waals surface area contributed by atoms with Gasteiger partial charge in [-0.1, -0.05) is 37.9 Å². The lowest BCUT2D eigenvalue weighted by Crippen LogP contribution is -1.93. The standard InChI is InChI=1S/C16H10Br2ClFS/c1-8-4-13(18)11(7-12(8)17)16(19)15-5-9-2-3-10(20)6-14(9)21-15/h2-7,16H,1H3. The Balaban J connectivity index is 2.07. The maximum Gasteiger partial charge on any atom is 0.124 e. The maximum absolute atomic E-state index is 13.3. The molecule has 0 saturated heterocycles. The highest BCUT2D eigenvalue weighted by Gasteiger charge is 2.18. The van der Waals surface area contributed by atoms with E-state index in [0.29, 0.717) is 0 Å². The summed E-state index contributed by atoms with van der Waals surface area (Å²) in [6, 6.07) is 10.9. The van der Waals surface area contributed by atoms with Gasteiger partial charge in [0.05, 0.1) is 5.38 Å². The molecule has 0 spiro atoms. The molecule has 0 nitrogen and oxygen atoms in total. The molecular formula is C16H10Br2ClFS. The van der Waals surface area contributed by atoms with E-state index >= 15 is 0 Å². The molecule has 0 radical (unpaired) electrons. The number of aryl methyl sites for hydroxylation is 1. The number of halogens is 4. The number of thiophene rings is 1. The summed E-state index contributed by atoms with van der Waals surface area (Å²) < 4.78 is 16.2. The van der Waals surface area contributed by atoms with Crippen molar-refractivity contribution < 1.29 is 4.39 Å². The number of hydrogen-bond acceptors (Lipinski definition) is 1. The topological polar surface area (TPSA) is 0 Å². The van der Waals surface area contributed by atoms with E-state index in [2.05, 4.69) is 31.9 Å². The predicted molar refractivity (Wildman–Crippen MR) is 96.1 cm³/mol. The van der Waals surface area contributed by atoms with E-state index in [9.17, 15) is 4.39 Å². The van der Waals surface area contributed by atoms with Crippen molar-refractivity contribution in [2.45, 2.75) is 12.3 Å². The first-order valence-corrected chi connectivity index (χ1v) is 9.08. The largest absolute Gasteiger partial charge is 0.207 e. The molecule has 0 aliphatic heterocycles. The van der Waals surface area contributed by atoms with Crippen molar-refractivity contribution in [3.63, 3.8) is 0 Å². The monoisotopic (exact) mass is 446 g/mol. The molecule has 108 valence electrons. The Morgan fingerprint density at radius 3 is 2.62 bits per heavy atom. The summed E-state index contributed by atoms with van der Waals surface area (Å²) in [5.74, 6) is -0.221. The smallest absolute Gasteiger partial charge is 0.124 e. The van der Waals surface area contributed by atoms with Crippen molar-refractivity contribution >= 4 is 64.9 Å². The minimum Gasteiger partial charge on any atom is -0.207 e. The van der Waals surface area contributed by atoms with Crippen molar-refractivity contribution in [2.24, 2.45) is 0 Å². The van der Waals surface area contributed by atoms with E-state index in [0.717, 1.165) is 35.0 Å². The number of alkyl halides is 1. The average Bonchev–Trinajstić information content (AvgIpc) is 2.85. The molecule has 3 aromatic rings. The highest BCUT2D eigenvalue weighted by Crippen LogP contribution is 2.41. The second kappa shape index (κ2) is 5.99. The minimum atomic E-state index is -0.267. The van der Waals surface area contributed by atoms with Crippen LogP contribution in [0.15, 0.2) is 45.3 Å². The molecule has 0 aliphatic carbocycles. The fourth-order valence-corrected chi connectivity index (χ4v) is 4.80. The minimum absolute atomic E-state index is 0.221. The Morgan fingerprint density at radius 2 is 1.86 bits per heavy atom. The molecule has 21 heavy (non-hydrogen) atoms. The Hall–Kier alpha value is -0.420. The Labute approximate surface area is 148 Å². The number of hydrogen-bond donors (Lipinski definition) is 0. The van der Waals surface area contributed by atoms with Gasteiger partial charge in [0.15, 0.2) is 0 Å². The molecule has 0 saturated carbocycles. The average molecular weight is 449 g/mol. The second-order valence-corrected chi connectivity index (χ2v) is 8.08. The van der Waals surface area contributed by atoms with Crippen molar-refractivity contribution in [1.82, 2.24) is 0 Å². The van der Waals surface area contributed by atoms with Crippen molar-refractivity contribution in [1.29, 1.82) is 0 Å². The Kier molecular flexibility index (Phi) is 4.42. The summed E-state index contributed by atoms with van der Waals surface area (Å²) in [6.07, 6.45) is 0. The van der Waals surface area contributed by atoms with Gasteiger partial charge in [0.1, 0.15) is 5.82 Å². The van der Waals surface area contributed by atoms with Gasteiger partial charge in [-0.3, -0.25) is 0 Å². The lowest BCUT2D eigenvalue weighted by molar-refractivity contribution is 0.630. The second-order valence-electron chi connectivity index (χ2n) is 4.82. The van der Waals surface area contributed by atoms with Crippen LogP contribution in [0.25, 0.3) is 10.1 Å². The molecule has 0 aliphatic rings. The normalized spacial score (nSPS) is 12.8. The van der Waals surface area contributed by atoms with Gasteiger partial charge >= 0.3 is 0 Å². The molecule has 5 heteroatoms. The fourth-order valence-electron chi connectivity index (χ4n) is 2.16. The number of rotatable bonds is 2. The molecule has 1 atom stereocenters. The quantitative estimate of drug-likeness (QED) is 0.364. The molecule has 1 heterocycles. The van der Waals surface area contributed by atoms with Crippen LogP contribution in [-0.2, 0) is 0 Å². The van der Waals surface area contributed by atoms with E-state index in [1.807, 2.05) is 25.1 Å². The lowest BCUT2D eigenvalue weighted by Gasteiger charge is -2.12. The summed E-state index contributed by atoms with van der Waals surface area (Å²) in [4.78, 5) is 1.01. The maximum atomic E-state index is 13.3. The molecular weight excluding hydrogens is 439 g/mol. The summed E-state index contributed by atoms with van der Waals surface area (Å²) >= 11 is 15.3. The van der Waals surface area contributed by atoms with Crippen LogP contribution < -0.4 is 0 Å². The number of benzene rings is 2. The molecule has 0 N–H and O–H groups in total. The molecule has 0 amide bonds. The van der Waals surface area contributed by atoms with Crippen LogP contribution in [0.4, 0.5) is 4.39 Å². The first kappa shape index (κ1) is 15.5. The van der Waals surface area contributed by atoms with Crippen molar-refractivity contribution in [3.05, 3.63) is 67.2 Å². The molecule has 0 fully saturated rings. The highest BCUT2D eigenvalue weighted by molar-refractivity contribution is 9.11. The zero-order valence-corrected chi connectivity index (χ0v) is 15.7. The van der Waals surface area contributed by atoms with Gasteiger partial charge in [-0.25, -0.2) is 4.39 Å². The van der Waals surface area contributed by atoms with Crippen LogP contribution in [-0.4, -0.2) is 0 Å². The van der Waals surface area contributed by atoms with Gasteiger partial charge in [-0.05, 0) is 53.8 Å². The Bertz CT molecular complexity index is 829. The fraction of sp³-hybridized carbons (Fsp3) is 0.125. The molecule has 2 aromatic carbocycles. The van der Waals surface area contributed by atoms with Gasteiger partial charge in [-0.15, -0.1) is 22.9 Å². The van der Waals surface area contributed by atoms with E-state index in [1.54, 1.807) is 12.1 Å². The van der Waals surface area contributed by atoms with E-state index in [1.165, 1.54) is 17.4 Å². The van der Waals surface area contributed by atoms with Crippen LogP contribution in [0.3, 0.4) is 0 Å². The van der Waals surface area contributed by atoms with E-state index < -0.39 is 0 Å². The van der Waals surface area contributed by atoms with E-state index in [-0.39, 0.29) is 11.2 Å². The van der Waals surface area contributed by atoms with Gasteiger partial charge in [-0.2, -0.15) is 0 Å². The van der Waals surface area contributed by atoms with E-state index in [4.69, 9.17) is 11.6 Å². The third-order valence-corrected chi connectivity index (χ3v) is 6.61. The van der Waals surface area contributed by atoms with Crippen LogP contribution >= 0.6 is 54.8 Å². The van der Waals surface area contributed by atoms with Crippen LogP contribution in [0, 0.1) is 12.7 Å². The SMILES string of the molecule is Cc1cc(Br)c(C(Cl)c2cc3ccc(F)cc3s2)cc1Br. The molecule has 1 aromatic heterocycles. The van der Waals surface area contributed by atoms with Crippen molar-refractivity contribution in [2.75, 3.05) is 0 Å². The summed E-state index contributed by atoms with van der Waals surface area (Å²) in [6.45, 7) is 2.03. The van der Waals surface area contributed by atoms with Crippen molar-refractivity contribution in [3.8, 4) is 0 Å². The van der Waals surface area contributed by atoms with Gasteiger partial charge < -0.3 is 0 Å². The molecule has 0 bridgehead atoms. The summed E-state index contributed by atoms with van der Waals surface area (Å²) in [5.41, 5.74) is 2.15. The number of fused-ring (bicyclic) bond motifs is 1. The summed E-state index contributed by atoms with van der Waals surface area (Å²) in [5, 5.41) is 0.751. The zero-order chi connectivity index (χ0) is 15.1. The molecule has 1 unspecified atom stereocenters. The van der Waals surface area contributed by atoms with Gasteiger partial charge in [0.2, 0.25) is 0 Å². The predicted octanol–water partition coefficient (Wildman–Crippen LogP) is 7.20. The third kappa shape index (κ3) is 3.04. The third-order valence-electron chi connectivity index (χ3n) is 3.30. The Morgan fingerprint density at radius 1 is 1.10 bits per heavy atom. The van der Waals surface area contributed by atoms with Crippen LogP contribution in [0.1, 0.15) is 21.4 Å². The first-order chi connectivity index (χ1) is 9.95. The first-order valence-electron chi connectivity index (χ1n) is 6.24. The summed E-state index contributed by atoms with van der Waals surface area (Å²) in [7, 11) is 0. The molecule has 3 rings (SSSR count). The zero-order valence-electron chi connectivity index (χ0n) is 11.0. The lowest BCUT2D eigenvalue weighted by atomic mass is 10.1. The van der Waals surface area contributed by atoms with Gasteiger partial charge in [0.25, 0.3) is 0 Å².